The van der Waals surface area contributed by atoms with Gasteiger partial charge in [0, 0.05) is 11.8 Å². The third kappa shape index (κ3) is 2.71. The molecule has 2 aromatic rings. The molecule has 0 aliphatic rings. The summed E-state index contributed by atoms with van der Waals surface area (Å²) in [6.07, 6.45) is 0. The number of hydrogen-bond donors (Lipinski definition) is 1. The first-order valence-electron chi connectivity index (χ1n) is 6.09. The maximum atomic E-state index is 11.8. The minimum atomic E-state index is -1.05. The molecule has 0 aliphatic carbocycles. The molecule has 5 nitrogen and oxygen atoms in total. The van der Waals surface area contributed by atoms with Crippen molar-refractivity contribution in [1.82, 2.24) is 4.57 Å². The summed E-state index contributed by atoms with van der Waals surface area (Å²) in [5.41, 5.74) is 1.54. The fourth-order valence-corrected chi connectivity index (χ4v) is 2.03. The van der Waals surface area contributed by atoms with Gasteiger partial charge >= 0.3 is 5.97 Å². The molecule has 1 aromatic carbocycles. The molecule has 0 radical (unpaired) electrons. The highest BCUT2D eigenvalue weighted by Crippen LogP contribution is 2.20. The fraction of sp³-hybridized carbons (Fsp3) is 0.200. The zero-order valence-electron chi connectivity index (χ0n) is 11.3. The molecule has 0 saturated carbocycles. The number of pyridine rings is 1. The van der Waals surface area contributed by atoms with Crippen molar-refractivity contribution in [1.29, 1.82) is 0 Å². The van der Waals surface area contributed by atoms with Gasteiger partial charge in [-0.3, -0.25) is 4.79 Å². The van der Waals surface area contributed by atoms with E-state index in [1.165, 1.54) is 19.2 Å². The van der Waals surface area contributed by atoms with Crippen molar-refractivity contribution in [3.63, 3.8) is 0 Å². The molecule has 104 valence electrons. The Balaban J connectivity index is 2.42. The van der Waals surface area contributed by atoms with Crippen LogP contribution in [-0.2, 0) is 6.54 Å². The number of aromatic nitrogens is 1. The van der Waals surface area contributed by atoms with Crippen LogP contribution in [0.25, 0.3) is 0 Å². The predicted octanol–water partition coefficient (Wildman–Crippen LogP) is 1.91. The minimum absolute atomic E-state index is 0.0895. The molecule has 0 amide bonds. The van der Waals surface area contributed by atoms with Crippen LogP contribution in [0.1, 0.15) is 21.6 Å². The van der Waals surface area contributed by atoms with Crippen molar-refractivity contribution in [2.45, 2.75) is 13.5 Å². The molecule has 1 N–H and O–H groups in total. The normalized spacial score (nSPS) is 10.3. The fourth-order valence-electron chi connectivity index (χ4n) is 2.03. The maximum Gasteiger partial charge on any atom is 0.339 e. The summed E-state index contributed by atoms with van der Waals surface area (Å²) in [5.74, 6) is -0.751. The Labute approximate surface area is 116 Å². The zero-order chi connectivity index (χ0) is 14.7. The van der Waals surface area contributed by atoms with E-state index in [0.29, 0.717) is 12.3 Å². The second-order valence-corrected chi connectivity index (χ2v) is 4.43. The smallest absolute Gasteiger partial charge is 0.339 e. The highest BCUT2D eigenvalue weighted by Gasteiger charge is 2.12. The molecule has 1 aromatic heterocycles. The van der Waals surface area contributed by atoms with E-state index in [1.54, 1.807) is 22.8 Å². The number of aromatic carboxylic acids is 1. The summed E-state index contributed by atoms with van der Waals surface area (Å²) < 4.78 is 6.60. The summed E-state index contributed by atoms with van der Waals surface area (Å²) >= 11 is 0. The first-order chi connectivity index (χ1) is 9.52. The molecule has 0 fully saturated rings. The van der Waals surface area contributed by atoms with E-state index in [4.69, 9.17) is 9.84 Å². The van der Waals surface area contributed by atoms with Gasteiger partial charge in [-0.15, -0.1) is 0 Å². The van der Waals surface area contributed by atoms with E-state index >= 15 is 0 Å². The molecule has 5 heteroatoms. The molecule has 0 unspecified atom stereocenters. The van der Waals surface area contributed by atoms with E-state index < -0.39 is 5.97 Å². The SMILES string of the molecule is COc1ccc(Cn2c(C)cccc2=O)cc1C(=O)O. The van der Waals surface area contributed by atoms with Gasteiger partial charge in [-0.25, -0.2) is 4.79 Å². The van der Waals surface area contributed by atoms with Gasteiger partial charge in [-0.1, -0.05) is 12.1 Å². The number of benzene rings is 1. The zero-order valence-corrected chi connectivity index (χ0v) is 11.3. The maximum absolute atomic E-state index is 11.8. The van der Waals surface area contributed by atoms with Crippen molar-refractivity contribution in [2.75, 3.05) is 7.11 Å². The lowest BCUT2D eigenvalue weighted by Gasteiger charge is -2.11. The van der Waals surface area contributed by atoms with Crippen LogP contribution < -0.4 is 10.3 Å². The van der Waals surface area contributed by atoms with Crippen molar-refractivity contribution in [3.8, 4) is 5.75 Å². The highest BCUT2D eigenvalue weighted by molar-refractivity contribution is 5.91. The Morgan fingerprint density at radius 2 is 2.05 bits per heavy atom. The second kappa shape index (κ2) is 5.61. The summed E-state index contributed by atoms with van der Waals surface area (Å²) in [5, 5.41) is 9.15. The lowest BCUT2D eigenvalue weighted by Crippen LogP contribution is -2.21. The van der Waals surface area contributed by atoms with Crippen molar-refractivity contribution < 1.29 is 14.6 Å². The standard InChI is InChI=1S/C15H15NO4/c1-10-4-3-5-14(17)16(10)9-11-6-7-13(20-2)12(8-11)15(18)19/h3-8H,9H2,1-2H3,(H,18,19). The van der Waals surface area contributed by atoms with Crippen molar-refractivity contribution in [2.24, 2.45) is 0 Å². The second-order valence-electron chi connectivity index (χ2n) is 4.43. The number of carboxylic acids is 1. The summed E-state index contributed by atoms with van der Waals surface area (Å²) in [7, 11) is 1.42. The Bertz CT molecular complexity index is 703. The molecule has 0 spiro atoms. The number of carbonyl (C=O) groups is 1. The van der Waals surface area contributed by atoms with Crippen LogP contribution in [0.15, 0.2) is 41.2 Å². The Hall–Kier alpha value is -2.56. The molecule has 0 saturated heterocycles. The van der Waals surface area contributed by atoms with Gasteiger partial charge in [0.05, 0.1) is 13.7 Å². The lowest BCUT2D eigenvalue weighted by molar-refractivity contribution is 0.0693. The molecular weight excluding hydrogens is 258 g/mol. The van der Waals surface area contributed by atoms with Gasteiger partial charge in [0.15, 0.2) is 0 Å². The minimum Gasteiger partial charge on any atom is -0.496 e. The summed E-state index contributed by atoms with van der Waals surface area (Å²) in [6, 6.07) is 9.90. The van der Waals surface area contributed by atoms with Crippen molar-refractivity contribution in [3.05, 3.63) is 63.6 Å². The first-order valence-corrected chi connectivity index (χ1v) is 6.09. The predicted molar refractivity (Wildman–Crippen MR) is 74.5 cm³/mol. The molecule has 0 aliphatic heterocycles. The Morgan fingerprint density at radius 1 is 1.30 bits per heavy atom. The van der Waals surface area contributed by atoms with Crippen molar-refractivity contribution >= 4 is 5.97 Å². The van der Waals surface area contributed by atoms with Gasteiger partial charge in [0.1, 0.15) is 11.3 Å². The van der Waals surface area contributed by atoms with Crippen LogP contribution in [-0.4, -0.2) is 22.8 Å². The molecule has 2 rings (SSSR count). The molecule has 0 atom stereocenters. The third-order valence-corrected chi connectivity index (χ3v) is 3.10. The monoisotopic (exact) mass is 273 g/mol. The van der Waals surface area contributed by atoms with Crippen LogP contribution >= 0.6 is 0 Å². The summed E-state index contributed by atoms with van der Waals surface area (Å²) in [6.45, 7) is 2.17. The van der Waals surface area contributed by atoms with Gasteiger partial charge in [0.25, 0.3) is 5.56 Å². The van der Waals surface area contributed by atoms with Crippen LogP contribution in [0.4, 0.5) is 0 Å². The van der Waals surface area contributed by atoms with Gasteiger partial charge in [-0.2, -0.15) is 0 Å². The van der Waals surface area contributed by atoms with Crippen LogP contribution in [0.5, 0.6) is 5.75 Å². The lowest BCUT2D eigenvalue weighted by atomic mass is 10.1. The van der Waals surface area contributed by atoms with E-state index in [2.05, 4.69) is 0 Å². The number of nitrogens with zero attached hydrogens (tertiary/aromatic N) is 1. The molecule has 1 heterocycles. The molecule has 0 bridgehead atoms. The average Bonchev–Trinajstić information content (AvgIpc) is 2.43. The highest BCUT2D eigenvalue weighted by atomic mass is 16.5. The number of rotatable bonds is 4. The largest absolute Gasteiger partial charge is 0.496 e. The number of methoxy groups -OCH3 is 1. The van der Waals surface area contributed by atoms with E-state index in [9.17, 15) is 9.59 Å². The van der Waals surface area contributed by atoms with Crippen LogP contribution in [0.2, 0.25) is 0 Å². The van der Waals surface area contributed by atoms with Crippen LogP contribution in [0, 0.1) is 6.92 Å². The van der Waals surface area contributed by atoms with Gasteiger partial charge in [0.2, 0.25) is 0 Å². The van der Waals surface area contributed by atoms with Crippen LogP contribution in [0.3, 0.4) is 0 Å². The number of ether oxygens (including phenoxy) is 1. The van der Waals surface area contributed by atoms with E-state index in [1.807, 2.05) is 13.0 Å². The van der Waals surface area contributed by atoms with E-state index in [0.717, 1.165) is 11.3 Å². The van der Waals surface area contributed by atoms with Gasteiger partial charge < -0.3 is 14.4 Å². The number of carboxylic acid groups (broad SMARTS) is 1. The average molecular weight is 273 g/mol. The quantitative estimate of drug-likeness (QED) is 0.924. The Morgan fingerprint density at radius 3 is 2.65 bits per heavy atom. The molecule has 20 heavy (non-hydrogen) atoms. The molecular formula is C15H15NO4. The number of hydrogen-bond acceptors (Lipinski definition) is 3. The third-order valence-electron chi connectivity index (χ3n) is 3.10. The number of aryl methyl sites for hydroxylation is 1. The van der Waals surface area contributed by atoms with E-state index in [-0.39, 0.29) is 11.1 Å². The summed E-state index contributed by atoms with van der Waals surface area (Å²) in [4.78, 5) is 23.0. The Kier molecular flexibility index (Phi) is 3.89. The van der Waals surface area contributed by atoms with Gasteiger partial charge in [-0.05, 0) is 30.7 Å². The first kappa shape index (κ1) is 13.9. The topological polar surface area (TPSA) is 68.5 Å².